The van der Waals surface area contributed by atoms with Crippen LogP contribution in [0.4, 0.5) is 4.39 Å². The van der Waals surface area contributed by atoms with E-state index in [9.17, 15) is 9.18 Å². The SMILES string of the molecule is COc1cc(C)c(C(=O)c2c(OC)ncc(Br)c2CF)cc1OC. The van der Waals surface area contributed by atoms with Crippen LogP contribution in [-0.4, -0.2) is 32.1 Å². The molecule has 0 amide bonds. The van der Waals surface area contributed by atoms with Crippen molar-refractivity contribution in [3.63, 3.8) is 0 Å². The van der Waals surface area contributed by atoms with Crippen LogP contribution in [0.1, 0.15) is 27.0 Å². The van der Waals surface area contributed by atoms with Gasteiger partial charge < -0.3 is 14.2 Å². The molecule has 24 heavy (non-hydrogen) atoms. The number of pyridine rings is 1. The summed E-state index contributed by atoms with van der Waals surface area (Å²) in [6, 6.07) is 3.26. The lowest BCUT2D eigenvalue weighted by molar-refractivity contribution is 0.103. The fourth-order valence-electron chi connectivity index (χ4n) is 2.39. The van der Waals surface area contributed by atoms with Crippen molar-refractivity contribution in [1.29, 1.82) is 0 Å². The van der Waals surface area contributed by atoms with E-state index >= 15 is 0 Å². The molecule has 0 aliphatic heterocycles. The van der Waals surface area contributed by atoms with E-state index in [1.807, 2.05) is 0 Å². The number of aromatic nitrogens is 1. The van der Waals surface area contributed by atoms with E-state index in [0.29, 0.717) is 27.1 Å². The predicted molar refractivity (Wildman–Crippen MR) is 91.0 cm³/mol. The second-order valence-corrected chi connectivity index (χ2v) is 5.81. The molecule has 0 aliphatic carbocycles. The standard InChI is InChI=1S/C17H17BrFNO4/c1-9-5-13(22-2)14(23-3)6-10(9)16(21)15-11(7-19)12(18)8-20-17(15)24-4/h5-6,8H,7H2,1-4H3. The first-order chi connectivity index (χ1) is 11.5. The second kappa shape index (κ2) is 7.61. The Morgan fingerprint density at radius 1 is 1.17 bits per heavy atom. The minimum absolute atomic E-state index is 0.0741. The van der Waals surface area contributed by atoms with Crippen molar-refractivity contribution in [2.75, 3.05) is 21.3 Å². The Labute approximate surface area is 147 Å². The number of carbonyl (C=O) groups excluding carboxylic acids is 1. The molecule has 7 heteroatoms. The zero-order valence-corrected chi connectivity index (χ0v) is 15.4. The molecular weight excluding hydrogens is 381 g/mol. The molecule has 0 N–H and O–H groups in total. The van der Waals surface area contributed by atoms with Crippen LogP contribution >= 0.6 is 15.9 Å². The topological polar surface area (TPSA) is 57.7 Å². The van der Waals surface area contributed by atoms with Gasteiger partial charge in [0, 0.05) is 21.8 Å². The molecule has 5 nitrogen and oxygen atoms in total. The number of rotatable bonds is 6. The Bertz CT molecular complexity index is 780. The Balaban J connectivity index is 2.68. The maximum atomic E-state index is 13.5. The Morgan fingerprint density at radius 3 is 2.33 bits per heavy atom. The lowest BCUT2D eigenvalue weighted by Gasteiger charge is -2.15. The average Bonchev–Trinajstić information content (AvgIpc) is 2.60. The summed E-state index contributed by atoms with van der Waals surface area (Å²) >= 11 is 3.23. The van der Waals surface area contributed by atoms with Crippen molar-refractivity contribution in [1.82, 2.24) is 4.98 Å². The first kappa shape index (κ1) is 18.2. The number of ketones is 1. The van der Waals surface area contributed by atoms with Gasteiger partial charge in [-0.15, -0.1) is 0 Å². The number of methoxy groups -OCH3 is 3. The van der Waals surface area contributed by atoms with E-state index in [1.54, 1.807) is 19.1 Å². The van der Waals surface area contributed by atoms with Crippen LogP contribution in [0, 0.1) is 6.92 Å². The Kier molecular flexibility index (Phi) is 5.77. The number of nitrogens with zero attached hydrogens (tertiary/aromatic N) is 1. The van der Waals surface area contributed by atoms with E-state index in [4.69, 9.17) is 14.2 Å². The summed E-state index contributed by atoms with van der Waals surface area (Å²) in [5.74, 6) is 0.601. The molecule has 0 spiro atoms. The van der Waals surface area contributed by atoms with Gasteiger partial charge in [-0.1, -0.05) is 0 Å². The normalized spacial score (nSPS) is 10.4. The van der Waals surface area contributed by atoms with Crippen LogP contribution in [-0.2, 0) is 6.67 Å². The van der Waals surface area contributed by atoms with Gasteiger partial charge >= 0.3 is 0 Å². The van der Waals surface area contributed by atoms with Crippen LogP contribution in [0.5, 0.6) is 17.4 Å². The Hall–Kier alpha value is -2.15. The maximum absolute atomic E-state index is 13.5. The van der Waals surface area contributed by atoms with E-state index in [2.05, 4.69) is 20.9 Å². The van der Waals surface area contributed by atoms with E-state index in [1.165, 1.54) is 27.5 Å². The number of hydrogen-bond acceptors (Lipinski definition) is 5. The lowest BCUT2D eigenvalue weighted by Crippen LogP contribution is -2.11. The highest BCUT2D eigenvalue weighted by Crippen LogP contribution is 2.34. The first-order valence-corrected chi connectivity index (χ1v) is 7.82. The van der Waals surface area contributed by atoms with E-state index in [-0.39, 0.29) is 17.0 Å². The maximum Gasteiger partial charge on any atom is 0.224 e. The van der Waals surface area contributed by atoms with E-state index < -0.39 is 12.5 Å². The molecule has 2 aromatic rings. The minimum atomic E-state index is -0.827. The average molecular weight is 398 g/mol. The largest absolute Gasteiger partial charge is 0.493 e. The van der Waals surface area contributed by atoms with Crippen LogP contribution in [0.15, 0.2) is 22.8 Å². The summed E-state index contributed by atoms with van der Waals surface area (Å²) in [7, 11) is 4.38. The lowest BCUT2D eigenvalue weighted by atomic mass is 9.96. The fraction of sp³-hybridized carbons (Fsp3) is 0.294. The highest BCUT2D eigenvalue weighted by atomic mass is 79.9. The Morgan fingerprint density at radius 2 is 1.79 bits per heavy atom. The third-order valence-electron chi connectivity index (χ3n) is 3.63. The van der Waals surface area contributed by atoms with Gasteiger partial charge in [0.05, 0.1) is 26.9 Å². The molecule has 0 aliphatic rings. The highest BCUT2D eigenvalue weighted by Gasteiger charge is 2.25. The number of aryl methyl sites for hydroxylation is 1. The van der Waals surface area contributed by atoms with Crippen molar-refractivity contribution < 1.29 is 23.4 Å². The van der Waals surface area contributed by atoms with Gasteiger partial charge in [0.2, 0.25) is 5.88 Å². The van der Waals surface area contributed by atoms with Crippen LogP contribution < -0.4 is 14.2 Å². The molecule has 1 heterocycles. The third-order valence-corrected chi connectivity index (χ3v) is 4.31. The fourth-order valence-corrected chi connectivity index (χ4v) is 2.79. The predicted octanol–water partition coefficient (Wildman–Crippen LogP) is 3.88. The summed E-state index contributed by atoms with van der Waals surface area (Å²) < 4.78 is 29.5. The molecule has 0 saturated carbocycles. The molecule has 0 atom stereocenters. The van der Waals surface area contributed by atoms with Crippen LogP contribution in [0.2, 0.25) is 0 Å². The van der Waals surface area contributed by atoms with Crippen LogP contribution in [0.25, 0.3) is 0 Å². The minimum Gasteiger partial charge on any atom is -0.493 e. The molecule has 2 rings (SSSR count). The number of carbonyl (C=O) groups is 1. The first-order valence-electron chi connectivity index (χ1n) is 7.03. The van der Waals surface area contributed by atoms with Crippen LogP contribution in [0.3, 0.4) is 0 Å². The molecule has 1 aromatic heterocycles. The van der Waals surface area contributed by atoms with Crippen molar-refractivity contribution in [3.8, 4) is 17.4 Å². The van der Waals surface area contributed by atoms with Crippen molar-refractivity contribution in [2.45, 2.75) is 13.6 Å². The smallest absolute Gasteiger partial charge is 0.224 e. The van der Waals surface area contributed by atoms with E-state index in [0.717, 1.165) is 0 Å². The molecule has 0 radical (unpaired) electrons. The number of hydrogen-bond donors (Lipinski definition) is 0. The quantitative estimate of drug-likeness (QED) is 0.692. The van der Waals surface area contributed by atoms with Crippen molar-refractivity contribution in [2.24, 2.45) is 0 Å². The van der Waals surface area contributed by atoms with Gasteiger partial charge in [0.15, 0.2) is 17.3 Å². The summed E-state index contributed by atoms with van der Waals surface area (Å²) in [5.41, 5.74) is 1.32. The molecule has 128 valence electrons. The van der Waals surface area contributed by atoms with Gasteiger partial charge in [0.1, 0.15) is 6.67 Å². The number of benzene rings is 1. The highest BCUT2D eigenvalue weighted by molar-refractivity contribution is 9.10. The van der Waals surface area contributed by atoms with Gasteiger partial charge in [-0.2, -0.15) is 0 Å². The number of alkyl halides is 1. The molecule has 0 fully saturated rings. The van der Waals surface area contributed by atoms with Crippen molar-refractivity contribution in [3.05, 3.63) is 45.1 Å². The zero-order valence-electron chi connectivity index (χ0n) is 13.8. The number of ether oxygens (including phenoxy) is 3. The van der Waals surface area contributed by atoms with Gasteiger partial charge in [-0.25, -0.2) is 9.37 Å². The molecular formula is C17H17BrFNO4. The number of halogens is 2. The summed E-state index contributed by atoms with van der Waals surface area (Å²) in [4.78, 5) is 17.1. The monoisotopic (exact) mass is 397 g/mol. The summed E-state index contributed by atoms with van der Waals surface area (Å²) in [6.45, 7) is 0.940. The van der Waals surface area contributed by atoms with Gasteiger partial charge in [-0.05, 0) is 40.5 Å². The molecule has 0 unspecified atom stereocenters. The molecule has 1 aromatic carbocycles. The van der Waals surface area contributed by atoms with Gasteiger partial charge in [-0.3, -0.25) is 4.79 Å². The zero-order chi connectivity index (χ0) is 17.9. The third kappa shape index (κ3) is 3.21. The second-order valence-electron chi connectivity index (χ2n) is 4.95. The molecule has 0 bridgehead atoms. The summed E-state index contributed by atoms with van der Waals surface area (Å²) in [5, 5.41) is 0. The van der Waals surface area contributed by atoms with Gasteiger partial charge in [0.25, 0.3) is 0 Å². The van der Waals surface area contributed by atoms with Crippen molar-refractivity contribution >= 4 is 21.7 Å². The molecule has 0 saturated heterocycles. The summed E-state index contributed by atoms with van der Waals surface area (Å²) in [6.07, 6.45) is 1.41.